The maximum atomic E-state index is 5.92. The molecule has 130 valence electrons. The van der Waals surface area contributed by atoms with Gasteiger partial charge in [0.05, 0.1) is 6.21 Å². The second-order valence-electron chi connectivity index (χ2n) is 5.41. The van der Waals surface area contributed by atoms with Crippen LogP contribution in [0.15, 0.2) is 95.1 Å². The predicted molar refractivity (Wildman–Crippen MR) is 110 cm³/mol. The fourth-order valence-electron chi connectivity index (χ4n) is 2.20. The molecule has 0 amide bonds. The molecular weight excluding hydrogens is 342 g/mol. The molecule has 0 aliphatic rings. The summed E-state index contributed by atoms with van der Waals surface area (Å²) in [6.45, 7) is 0. The van der Waals surface area contributed by atoms with E-state index in [-0.39, 0.29) is 0 Å². The topological polar surface area (TPSA) is 60.0 Å². The highest BCUT2D eigenvalue weighted by Crippen LogP contribution is 2.23. The molecule has 2 N–H and O–H groups in total. The summed E-state index contributed by atoms with van der Waals surface area (Å²) >= 11 is 1.45. The minimum atomic E-state index is 0.423. The third-order valence-corrected chi connectivity index (χ3v) is 4.33. The van der Waals surface area contributed by atoms with E-state index in [9.17, 15) is 0 Å². The van der Waals surface area contributed by atoms with Crippen molar-refractivity contribution < 1.29 is 4.74 Å². The van der Waals surface area contributed by atoms with E-state index in [0.717, 1.165) is 17.1 Å². The number of nitrogens with two attached hydrogens (primary N) is 1. The highest BCUT2D eigenvalue weighted by atomic mass is 32.2. The van der Waals surface area contributed by atoms with Crippen molar-refractivity contribution in [3.8, 4) is 11.5 Å². The molecule has 0 spiro atoms. The van der Waals surface area contributed by atoms with Crippen molar-refractivity contribution in [2.24, 2.45) is 15.9 Å². The van der Waals surface area contributed by atoms with Crippen LogP contribution in [0.4, 0.5) is 0 Å². The molecule has 0 fully saturated rings. The van der Waals surface area contributed by atoms with Gasteiger partial charge >= 0.3 is 0 Å². The number of hydrogen-bond donors (Lipinski definition) is 1. The Morgan fingerprint density at radius 2 is 1.54 bits per heavy atom. The van der Waals surface area contributed by atoms with Crippen LogP contribution >= 0.6 is 11.8 Å². The van der Waals surface area contributed by atoms with Crippen molar-refractivity contribution in [3.05, 3.63) is 96.1 Å². The average Bonchev–Trinajstić information content (AvgIpc) is 2.69. The van der Waals surface area contributed by atoms with E-state index >= 15 is 0 Å². The van der Waals surface area contributed by atoms with Crippen LogP contribution in [0.3, 0.4) is 0 Å². The molecule has 0 aromatic heterocycles. The summed E-state index contributed by atoms with van der Waals surface area (Å²) < 4.78 is 5.90. The smallest absolute Gasteiger partial charge is 0.180 e. The molecule has 4 nitrogen and oxygen atoms in total. The van der Waals surface area contributed by atoms with Gasteiger partial charge in [-0.25, -0.2) is 0 Å². The van der Waals surface area contributed by atoms with Crippen molar-refractivity contribution in [1.29, 1.82) is 0 Å². The first-order chi connectivity index (χ1) is 12.8. The quantitative estimate of drug-likeness (QED) is 0.379. The molecule has 3 aromatic carbocycles. The third-order valence-electron chi connectivity index (χ3n) is 3.47. The Morgan fingerprint density at radius 1 is 0.885 bits per heavy atom. The van der Waals surface area contributed by atoms with Crippen LogP contribution in [0.2, 0.25) is 0 Å². The van der Waals surface area contributed by atoms with Gasteiger partial charge in [-0.1, -0.05) is 72.4 Å². The maximum absolute atomic E-state index is 5.92. The van der Waals surface area contributed by atoms with Crippen molar-refractivity contribution in [2.45, 2.75) is 5.75 Å². The molecule has 0 bridgehead atoms. The van der Waals surface area contributed by atoms with Gasteiger partial charge in [-0.05, 0) is 29.8 Å². The maximum Gasteiger partial charge on any atom is 0.180 e. The standard InChI is InChI=1S/C21H19N3OS/c22-21(26-16-17-9-3-1-4-10-17)24-23-15-18-11-7-8-14-20(18)25-19-12-5-2-6-13-19/h1-15H,16H2,(H2,22,24). The molecule has 5 heteroatoms. The van der Waals surface area contributed by atoms with Crippen LogP contribution in [0, 0.1) is 0 Å². The van der Waals surface area contributed by atoms with Gasteiger partial charge < -0.3 is 10.5 Å². The van der Waals surface area contributed by atoms with E-state index in [0.29, 0.717) is 10.9 Å². The Morgan fingerprint density at radius 3 is 2.31 bits per heavy atom. The van der Waals surface area contributed by atoms with Crippen molar-refractivity contribution in [3.63, 3.8) is 0 Å². The number of rotatable bonds is 6. The zero-order valence-electron chi connectivity index (χ0n) is 14.2. The summed E-state index contributed by atoms with van der Waals surface area (Å²) in [7, 11) is 0. The minimum Gasteiger partial charge on any atom is -0.457 e. The summed E-state index contributed by atoms with van der Waals surface area (Å²) in [5.74, 6) is 2.25. The van der Waals surface area contributed by atoms with Gasteiger partial charge in [0.2, 0.25) is 0 Å². The first-order valence-corrected chi connectivity index (χ1v) is 9.15. The van der Waals surface area contributed by atoms with E-state index in [1.807, 2.05) is 72.8 Å². The second kappa shape index (κ2) is 9.44. The fourth-order valence-corrected chi connectivity index (χ4v) is 2.82. The Hall–Kier alpha value is -3.05. The largest absolute Gasteiger partial charge is 0.457 e. The molecule has 0 unspecified atom stereocenters. The number of ether oxygens (including phenoxy) is 1. The number of hydrogen-bond acceptors (Lipinski definition) is 4. The monoisotopic (exact) mass is 361 g/mol. The van der Waals surface area contributed by atoms with Gasteiger partial charge in [0.1, 0.15) is 11.5 Å². The predicted octanol–water partition coefficient (Wildman–Crippen LogP) is 5.06. The van der Waals surface area contributed by atoms with E-state index < -0.39 is 0 Å². The highest BCUT2D eigenvalue weighted by molar-refractivity contribution is 8.13. The Kier molecular flexibility index (Phi) is 6.45. The number of benzene rings is 3. The number of amidine groups is 1. The summed E-state index contributed by atoms with van der Waals surface area (Å²) in [6.07, 6.45) is 1.65. The first-order valence-electron chi connectivity index (χ1n) is 8.16. The Labute approximate surface area is 157 Å². The molecule has 0 aliphatic heterocycles. The SMILES string of the molecule is NC(=NN=Cc1ccccc1Oc1ccccc1)SCc1ccccc1. The third kappa shape index (κ3) is 5.50. The molecule has 26 heavy (non-hydrogen) atoms. The minimum absolute atomic E-state index is 0.423. The highest BCUT2D eigenvalue weighted by Gasteiger charge is 2.02. The molecule has 3 aromatic rings. The van der Waals surface area contributed by atoms with Gasteiger partial charge in [-0.15, -0.1) is 5.10 Å². The second-order valence-corrected chi connectivity index (χ2v) is 6.41. The zero-order chi connectivity index (χ0) is 18.0. The van der Waals surface area contributed by atoms with E-state index in [1.165, 1.54) is 17.3 Å². The van der Waals surface area contributed by atoms with Gasteiger partial charge in [-0.3, -0.25) is 0 Å². The van der Waals surface area contributed by atoms with Crippen molar-refractivity contribution in [2.75, 3.05) is 0 Å². The molecule has 0 radical (unpaired) electrons. The molecule has 3 rings (SSSR count). The van der Waals surface area contributed by atoms with Crippen LogP contribution in [0.1, 0.15) is 11.1 Å². The zero-order valence-corrected chi connectivity index (χ0v) is 15.0. The number of nitrogens with zero attached hydrogens (tertiary/aromatic N) is 2. The van der Waals surface area contributed by atoms with Crippen molar-refractivity contribution in [1.82, 2.24) is 0 Å². The molecule has 0 heterocycles. The lowest BCUT2D eigenvalue weighted by molar-refractivity contribution is 0.482. The van der Waals surface area contributed by atoms with Crippen LogP contribution in [-0.4, -0.2) is 11.4 Å². The normalized spacial score (nSPS) is 11.6. The van der Waals surface area contributed by atoms with Crippen LogP contribution in [-0.2, 0) is 5.75 Å². The lowest BCUT2D eigenvalue weighted by atomic mass is 10.2. The lowest BCUT2D eigenvalue weighted by Gasteiger charge is -2.07. The van der Waals surface area contributed by atoms with Crippen LogP contribution < -0.4 is 10.5 Å². The molecule has 0 saturated carbocycles. The lowest BCUT2D eigenvalue weighted by Crippen LogP contribution is -2.06. The molecular formula is C21H19N3OS. The summed E-state index contributed by atoms with van der Waals surface area (Å²) in [5, 5.41) is 8.57. The van der Waals surface area contributed by atoms with Gasteiger partial charge in [0.15, 0.2) is 5.17 Å². The Bertz CT molecular complexity index is 880. The molecule has 0 aliphatic carbocycles. The van der Waals surface area contributed by atoms with E-state index in [2.05, 4.69) is 22.3 Å². The summed E-state index contributed by atoms with van der Waals surface area (Å²) in [6, 6.07) is 27.4. The van der Waals surface area contributed by atoms with Gasteiger partial charge in [-0.2, -0.15) is 5.10 Å². The first kappa shape index (κ1) is 17.8. The molecule has 0 saturated heterocycles. The number of thioether (sulfide) groups is 1. The summed E-state index contributed by atoms with van der Waals surface area (Å²) in [4.78, 5) is 0. The van der Waals surface area contributed by atoms with Gasteiger partial charge in [0, 0.05) is 11.3 Å². The Balaban J connectivity index is 1.62. The average molecular weight is 361 g/mol. The van der Waals surface area contributed by atoms with Crippen LogP contribution in [0.25, 0.3) is 0 Å². The number of para-hydroxylation sites is 2. The van der Waals surface area contributed by atoms with E-state index in [4.69, 9.17) is 10.5 Å². The molecule has 0 atom stereocenters. The fraction of sp³-hybridized carbons (Fsp3) is 0.0476. The van der Waals surface area contributed by atoms with Crippen LogP contribution in [0.5, 0.6) is 11.5 Å². The van der Waals surface area contributed by atoms with Gasteiger partial charge in [0.25, 0.3) is 0 Å². The summed E-state index contributed by atoms with van der Waals surface area (Å²) in [5.41, 5.74) is 7.95. The van der Waals surface area contributed by atoms with E-state index in [1.54, 1.807) is 6.21 Å². The van der Waals surface area contributed by atoms with Crippen molar-refractivity contribution >= 4 is 23.1 Å².